The Labute approximate surface area is 152 Å². The normalized spacial score (nSPS) is 11.4. The third kappa shape index (κ3) is 5.28. The van der Waals surface area contributed by atoms with E-state index in [1.165, 1.54) is 0 Å². The van der Waals surface area contributed by atoms with E-state index < -0.39 is 12.0 Å². The quantitative estimate of drug-likeness (QED) is 0.427. The fourth-order valence-corrected chi connectivity index (χ4v) is 2.75. The van der Waals surface area contributed by atoms with E-state index >= 15 is 0 Å². The first-order valence-electron chi connectivity index (χ1n) is 7.55. The van der Waals surface area contributed by atoms with Crippen molar-refractivity contribution in [1.29, 1.82) is 0 Å². The van der Waals surface area contributed by atoms with Crippen molar-refractivity contribution in [3.05, 3.63) is 35.2 Å². The smallest absolute Gasteiger partial charge is 0.453 e. The predicted octanol–water partition coefficient (Wildman–Crippen LogP) is 1.91. The van der Waals surface area contributed by atoms with Crippen LogP contribution in [0.2, 0.25) is 0 Å². The van der Waals surface area contributed by atoms with Crippen LogP contribution >= 0.6 is 11.8 Å². The standard InChI is InChI=1S/C15H18F3N5O2S/c1-9-3-4-11(10(2)7-9)25-6-5-20-12(24)8-26-14-22-21-13(23(14)19)15(16,17)18/h3-4,7H,5-6,8,19H2,1-2H3,(H,20,24). The highest BCUT2D eigenvalue weighted by Gasteiger charge is 2.38. The lowest BCUT2D eigenvalue weighted by Crippen LogP contribution is -2.30. The molecule has 1 aromatic heterocycles. The van der Waals surface area contributed by atoms with Gasteiger partial charge >= 0.3 is 6.18 Å². The molecule has 11 heteroatoms. The van der Waals surface area contributed by atoms with Gasteiger partial charge in [0.25, 0.3) is 5.82 Å². The fourth-order valence-electron chi connectivity index (χ4n) is 2.06. The minimum absolute atomic E-state index is 0.142. The maximum atomic E-state index is 12.6. The summed E-state index contributed by atoms with van der Waals surface area (Å²) in [6, 6.07) is 5.77. The van der Waals surface area contributed by atoms with Crippen LogP contribution in [0.15, 0.2) is 23.4 Å². The molecule has 0 saturated carbocycles. The van der Waals surface area contributed by atoms with Gasteiger partial charge in [0.15, 0.2) is 0 Å². The first kappa shape index (κ1) is 19.9. The van der Waals surface area contributed by atoms with E-state index in [-0.39, 0.29) is 30.0 Å². The Balaban J connectivity index is 1.73. The number of nitrogens with one attached hydrogen (secondary N) is 1. The number of aromatic nitrogens is 3. The third-order valence-electron chi connectivity index (χ3n) is 3.26. The molecule has 0 aliphatic carbocycles. The van der Waals surface area contributed by atoms with E-state index in [0.717, 1.165) is 28.6 Å². The highest BCUT2D eigenvalue weighted by molar-refractivity contribution is 7.99. The van der Waals surface area contributed by atoms with Crippen molar-refractivity contribution < 1.29 is 22.7 Å². The summed E-state index contributed by atoms with van der Waals surface area (Å²) in [7, 11) is 0. The van der Waals surface area contributed by atoms with Crippen molar-refractivity contribution in [1.82, 2.24) is 20.2 Å². The van der Waals surface area contributed by atoms with E-state index in [1.54, 1.807) is 0 Å². The van der Waals surface area contributed by atoms with Crippen LogP contribution in [-0.4, -0.2) is 39.7 Å². The summed E-state index contributed by atoms with van der Waals surface area (Å²) in [5.41, 5.74) is 2.12. The lowest BCUT2D eigenvalue weighted by molar-refractivity contribution is -0.146. The van der Waals surface area contributed by atoms with Gasteiger partial charge in [0, 0.05) is 0 Å². The summed E-state index contributed by atoms with van der Waals surface area (Å²) in [4.78, 5) is 11.7. The van der Waals surface area contributed by atoms with Crippen LogP contribution in [-0.2, 0) is 11.0 Å². The lowest BCUT2D eigenvalue weighted by atomic mass is 10.1. The molecule has 3 N–H and O–H groups in total. The number of nitrogens with two attached hydrogens (primary N) is 1. The third-order valence-corrected chi connectivity index (χ3v) is 4.21. The molecule has 1 aromatic carbocycles. The molecule has 0 aliphatic rings. The molecule has 0 bridgehead atoms. The Morgan fingerprint density at radius 1 is 1.35 bits per heavy atom. The number of hydrogen-bond acceptors (Lipinski definition) is 6. The van der Waals surface area contributed by atoms with E-state index in [1.807, 2.05) is 32.0 Å². The van der Waals surface area contributed by atoms with Crippen molar-refractivity contribution >= 4 is 17.7 Å². The molecular weight excluding hydrogens is 371 g/mol. The first-order valence-corrected chi connectivity index (χ1v) is 8.54. The number of hydrogen-bond donors (Lipinski definition) is 2. The Bertz CT molecular complexity index is 779. The van der Waals surface area contributed by atoms with Crippen LogP contribution in [0.3, 0.4) is 0 Å². The van der Waals surface area contributed by atoms with E-state index in [9.17, 15) is 18.0 Å². The summed E-state index contributed by atoms with van der Waals surface area (Å²) < 4.78 is 43.5. The summed E-state index contributed by atoms with van der Waals surface area (Å²) in [6.07, 6.45) is -4.70. The minimum atomic E-state index is -4.70. The van der Waals surface area contributed by atoms with Crippen LogP contribution in [0.4, 0.5) is 13.2 Å². The van der Waals surface area contributed by atoms with Crippen LogP contribution in [0, 0.1) is 13.8 Å². The van der Waals surface area contributed by atoms with E-state index in [4.69, 9.17) is 10.6 Å². The zero-order chi connectivity index (χ0) is 19.3. The molecule has 0 aliphatic heterocycles. The fraction of sp³-hybridized carbons (Fsp3) is 0.400. The number of ether oxygens (including phenoxy) is 1. The number of thioether (sulfide) groups is 1. The van der Waals surface area contributed by atoms with Gasteiger partial charge in [0.2, 0.25) is 11.1 Å². The summed E-state index contributed by atoms with van der Waals surface area (Å²) in [6.45, 7) is 4.44. The number of carbonyl (C=O) groups is 1. The molecule has 2 rings (SSSR count). The van der Waals surface area contributed by atoms with Crippen LogP contribution in [0.25, 0.3) is 0 Å². The SMILES string of the molecule is Cc1ccc(OCCNC(=O)CSc2nnc(C(F)(F)F)n2N)c(C)c1. The Hall–Kier alpha value is -2.43. The molecule has 1 amide bonds. The average molecular weight is 389 g/mol. The summed E-state index contributed by atoms with van der Waals surface area (Å²) >= 11 is 0.762. The maximum Gasteiger partial charge on any atom is 0.453 e. The number of nitrogens with zero attached hydrogens (tertiary/aromatic N) is 3. The van der Waals surface area contributed by atoms with Gasteiger partial charge in [-0.25, -0.2) is 4.68 Å². The molecule has 26 heavy (non-hydrogen) atoms. The van der Waals surface area contributed by atoms with Crippen molar-refractivity contribution in [2.45, 2.75) is 25.2 Å². The number of halogens is 3. The molecule has 142 valence electrons. The average Bonchev–Trinajstić information content (AvgIpc) is 2.92. The zero-order valence-corrected chi connectivity index (χ0v) is 14.9. The second-order valence-electron chi connectivity index (χ2n) is 5.43. The van der Waals surface area contributed by atoms with Crippen molar-refractivity contribution in [2.24, 2.45) is 0 Å². The molecule has 7 nitrogen and oxygen atoms in total. The summed E-state index contributed by atoms with van der Waals surface area (Å²) in [5, 5.41) is 8.72. The van der Waals surface area contributed by atoms with Crippen molar-refractivity contribution in [3.8, 4) is 5.75 Å². The van der Waals surface area contributed by atoms with Gasteiger partial charge in [-0.2, -0.15) is 13.2 Å². The molecule has 0 fully saturated rings. The Kier molecular flexibility index (Phi) is 6.35. The zero-order valence-electron chi connectivity index (χ0n) is 14.1. The first-order chi connectivity index (χ1) is 12.2. The molecular formula is C15H18F3N5O2S. The number of alkyl halides is 3. The van der Waals surface area contributed by atoms with Gasteiger partial charge in [-0.3, -0.25) is 4.79 Å². The number of nitrogen functional groups attached to an aromatic ring is 1. The molecule has 0 saturated heterocycles. The van der Waals surface area contributed by atoms with Crippen molar-refractivity contribution in [2.75, 3.05) is 24.7 Å². The van der Waals surface area contributed by atoms with Crippen LogP contribution < -0.4 is 15.9 Å². The maximum absolute atomic E-state index is 12.6. The van der Waals surface area contributed by atoms with Crippen LogP contribution in [0.1, 0.15) is 17.0 Å². The van der Waals surface area contributed by atoms with Gasteiger partial charge in [-0.1, -0.05) is 29.5 Å². The lowest BCUT2D eigenvalue weighted by Gasteiger charge is -2.10. The molecule has 0 unspecified atom stereocenters. The van der Waals surface area contributed by atoms with Gasteiger partial charge in [-0.05, 0) is 25.5 Å². The molecule has 1 heterocycles. The van der Waals surface area contributed by atoms with E-state index in [0.29, 0.717) is 4.68 Å². The predicted molar refractivity (Wildman–Crippen MR) is 90.3 cm³/mol. The van der Waals surface area contributed by atoms with E-state index in [2.05, 4.69) is 15.5 Å². The highest BCUT2D eigenvalue weighted by atomic mass is 32.2. The van der Waals surface area contributed by atoms with Gasteiger partial charge in [-0.15, -0.1) is 10.2 Å². The Morgan fingerprint density at radius 3 is 2.69 bits per heavy atom. The second-order valence-corrected chi connectivity index (χ2v) is 6.37. The highest BCUT2D eigenvalue weighted by Crippen LogP contribution is 2.28. The van der Waals surface area contributed by atoms with Crippen molar-refractivity contribution in [3.63, 3.8) is 0 Å². The number of amides is 1. The second kappa shape index (κ2) is 8.30. The molecule has 0 atom stereocenters. The molecule has 2 aromatic rings. The number of carbonyl (C=O) groups excluding carboxylic acids is 1. The van der Waals surface area contributed by atoms with Crippen LogP contribution in [0.5, 0.6) is 5.75 Å². The monoisotopic (exact) mass is 389 g/mol. The number of benzene rings is 1. The van der Waals surface area contributed by atoms with Gasteiger partial charge < -0.3 is 15.9 Å². The largest absolute Gasteiger partial charge is 0.491 e. The molecule has 0 spiro atoms. The number of rotatable bonds is 7. The Morgan fingerprint density at radius 2 is 2.08 bits per heavy atom. The minimum Gasteiger partial charge on any atom is -0.491 e. The van der Waals surface area contributed by atoms with Gasteiger partial charge in [0.05, 0.1) is 12.3 Å². The summed E-state index contributed by atoms with van der Waals surface area (Å²) in [5.74, 6) is 4.18. The topological polar surface area (TPSA) is 95.1 Å². The number of aryl methyl sites for hydroxylation is 2. The van der Waals surface area contributed by atoms with Gasteiger partial charge in [0.1, 0.15) is 12.4 Å². The molecule has 0 radical (unpaired) electrons.